The van der Waals surface area contributed by atoms with E-state index in [1.807, 2.05) is 29.6 Å². The fraction of sp³-hybridized carbons (Fsp3) is 0.150. The summed E-state index contributed by atoms with van der Waals surface area (Å²) in [5.74, 6) is -0.492. The molecule has 2 aromatic carbocycles. The van der Waals surface area contributed by atoms with Crippen LogP contribution in [0, 0.1) is 0 Å². The highest BCUT2D eigenvalue weighted by molar-refractivity contribution is 8.01. The molecule has 8 heteroatoms. The second kappa shape index (κ2) is 9.73. The number of nitrogens with one attached hydrogen (secondary N) is 1. The summed E-state index contributed by atoms with van der Waals surface area (Å²) in [7, 11) is 0. The number of hydrogen-bond donors (Lipinski definition) is 1. The molecule has 0 bridgehead atoms. The number of carbonyl (C=O) groups excluding carboxylic acids is 2. The third kappa shape index (κ3) is 5.34. The van der Waals surface area contributed by atoms with Crippen molar-refractivity contribution in [3.05, 3.63) is 64.5 Å². The van der Waals surface area contributed by atoms with E-state index in [1.165, 1.54) is 23.1 Å². The summed E-state index contributed by atoms with van der Waals surface area (Å²) in [4.78, 5) is 28.8. The Kier molecular flexibility index (Phi) is 7.08. The van der Waals surface area contributed by atoms with Crippen LogP contribution in [0.3, 0.4) is 0 Å². The lowest BCUT2D eigenvalue weighted by Crippen LogP contribution is -2.17. The molecule has 5 nitrogen and oxygen atoms in total. The number of aromatic nitrogens is 1. The quantitative estimate of drug-likeness (QED) is 0.401. The highest BCUT2D eigenvalue weighted by atomic mass is 35.5. The second-order valence-electron chi connectivity index (χ2n) is 5.61. The highest BCUT2D eigenvalue weighted by Gasteiger charge is 2.14. The van der Waals surface area contributed by atoms with Crippen molar-refractivity contribution in [3.63, 3.8) is 0 Å². The molecule has 1 N–H and O–H groups in total. The van der Waals surface area contributed by atoms with Crippen LogP contribution in [0.5, 0.6) is 0 Å². The summed E-state index contributed by atoms with van der Waals surface area (Å²) in [6.45, 7) is 2.01. The maximum atomic E-state index is 12.3. The summed E-state index contributed by atoms with van der Waals surface area (Å²) < 4.78 is 5.81. The zero-order valence-corrected chi connectivity index (χ0v) is 17.4. The Hall–Kier alpha value is -2.35. The molecule has 28 heavy (non-hydrogen) atoms. The summed E-state index contributed by atoms with van der Waals surface area (Å²) in [5, 5.41) is 5.38. The fourth-order valence-electron chi connectivity index (χ4n) is 2.37. The minimum absolute atomic E-state index is 0.185. The SMILES string of the molecule is CCOC(=O)c1ccccc1NC(=O)CSc1nc(-c2ccc(Cl)cc2)cs1. The second-order valence-corrected chi connectivity index (χ2v) is 8.13. The smallest absolute Gasteiger partial charge is 0.340 e. The van der Waals surface area contributed by atoms with Crippen LogP contribution in [-0.4, -0.2) is 29.2 Å². The Bertz CT molecular complexity index is 974. The van der Waals surface area contributed by atoms with Crippen molar-refractivity contribution in [2.75, 3.05) is 17.7 Å². The molecule has 0 radical (unpaired) electrons. The van der Waals surface area contributed by atoms with Gasteiger partial charge in [-0.25, -0.2) is 9.78 Å². The van der Waals surface area contributed by atoms with Gasteiger partial charge >= 0.3 is 5.97 Å². The third-order valence-electron chi connectivity index (χ3n) is 3.65. The molecule has 3 rings (SSSR count). The van der Waals surface area contributed by atoms with Crippen LogP contribution in [0.15, 0.2) is 58.3 Å². The topological polar surface area (TPSA) is 68.3 Å². The van der Waals surface area contributed by atoms with Crippen LogP contribution in [0.2, 0.25) is 5.02 Å². The number of thiazole rings is 1. The van der Waals surface area contributed by atoms with Crippen LogP contribution in [0.25, 0.3) is 11.3 Å². The molecular formula is C20H17ClN2O3S2. The Balaban J connectivity index is 1.60. The number of esters is 1. The summed E-state index contributed by atoms with van der Waals surface area (Å²) in [6, 6.07) is 14.2. The number of nitrogens with zero attached hydrogens (tertiary/aromatic N) is 1. The van der Waals surface area contributed by atoms with Crippen LogP contribution >= 0.6 is 34.7 Å². The molecule has 3 aromatic rings. The molecule has 0 atom stereocenters. The fourth-order valence-corrected chi connectivity index (χ4v) is 4.13. The summed E-state index contributed by atoms with van der Waals surface area (Å²) in [5.41, 5.74) is 2.59. The van der Waals surface area contributed by atoms with Crippen molar-refractivity contribution >= 4 is 52.3 Å². The number of benzene rings is 2. The predicted octanol–water partition coefficient (Wildman–Crippen LogP) is 5.37. The molecule has 0 fully saturated rings. The third-order valence-corrected chi connectivity index (χ3v) is 5.92. The van der Waals surface area contributed by atoms with Gasteiger partial charge in [-0.15, -0.1) is 11.3 Å². The average Bonchev–Trinajstić information content (AvgIpc) is 3.16. The minimum Gasteiger partial charge on any atom is -0.462 e. The Morgan fingerprint density at radius 3 is 2.68 bits per heavy atom. The van der Waals surface area contributed by atoms with Gasteiger partial charge in [0.1, 0.15) is 0 Å². The first-order valence-electron chi connectivity index (χ1n) is 8.47. The molecule has 1 heterocycles. The van der Waals surface area contributed by atoms with Gasteiger partial charge in [-0.3, -0.25) is 4.79 Å². The Labute approximate surface area is 176 Å². The van der Waals surface area contributed by atoms with Crippen molar-refractivity contribution < 1.29 is 14.3 Å². The van der Waals surface area contributed by atoms with Gasteiger partial charge in [-0.1, -0.05) is 47.6 Å². The molecule has 144 valence electrons. The van der Waals surface area contributed by atoms with Gasteiger partial charge < -0.3 is 10.1 Å². The number of para-hydroxylation sites is 1. The molecule has 0 saturated heterocycles. The van der Waals surface area contributed by atoms with Crippen molar-refractivity contribution in [2.45, 2.75) is 11.3 Å². The molecule has 1 amide bonds. The molecular weight excluding hydrogens is 416 g/mol. The van der Waals surface area contributed by atoms with E-state index in [9.17, 15) is 9.59 Å². The minimum atomic E-state index is -0.460. The van der Waals surface area contributed by atoms with Gasteiger partial charge in [0.15, 0.2) is 4.34 Å². The van der Waals surface area contributed by atoms with Crippen LogP contribution in [-0.2, 0) is 9.53 Å². The van der Waals surface area contributed by atoms with Crippen LogP contribution in [0.1, 0.15) is 17.3 Å². The van der Waals surface area contributed by atoms with Gasteiger partial charge in [0.05, 0.1) is 29.3 Å². The number of ether oxygens (including phenoxy) is 1. The van der Waals surface area contributed by atoms with Gasteiger partial charge in [0.2, 0.25) is 5.91 Å². The number of rotatable bonds is 7. The van der Waals surface area contributed by atoms with E-state index in [2.05, 4.69) is 10.3 Å². The van der Waals surface area contributed by atoms with Gasteiger partial charge in [-0.05, 0) is 31.2 Å². The first-order chi connectivity index (χ1) is 13.6. The van der Waals surface area contributed by atoms with Crippen LogP contribution in [0.4, 0.5) is 5.69 Å². The van der Waals surface area contributed by atoms with Crippen LogP contribution < -0.4 is 5.32 Å². The largest absolute Gasteiger partial charge is 0.462 e. The van der Waals surface area contributed by atoms with E-state index in [0.29, 0.717) is 16.3 Å². The lowest BCUT2D eigenvalue weighted by atomic mass is 10.2. The Morgan fingerprint density at radius 1 is 1.18 bits per heavy atom. The standard InChI is InChI=1S/C20H17ClN2O3S2/c1-2-26-19(25)15-5-3-4-6-16(15)22-18(24)12-28-20-23-17(11-27-20)13-7-9-14(21)10-8-13/h3-11H,2,12H2,1H3,(H,22,24). The molecule has 0 spiro atoms. The van der Waals surface area contributed by atoms with E-state index in [1.54, 1.807) is 31.2 Å². The molecule has 1 aromatic heterocycles. The number of hydrogen-bond acceptors (Lipinski definition) is 6. The van der Waals surface area contributed by atoms with E-state index in [0.717, 1.165) is 15.6 Å². The lowest BCUT2D eigenvalue weighted by Gasteiger charge is -2.09. The van der Waals surface area contributed by atoms with Crippen molar-refractivity contribution in [2.24, 2.45) is 0 Å². The van der Waals surface area contributed by atoms with Crippen molar-refractivity contribution in [1.29, 1.82) is 0 Å². The number of anilines is 1. The molecule has 0 aliphatic rings. The monoisotopic (exact) mass is 432 g/mol. The average molecular weight is 433 g/mol. The normalized spacial score (nSPS) is 10.5. The Morgan fingerprint density at radius 2 is 1.93 bits per heavy atom. The van der Waals surface area contributed by atoms with Gasteiger partial charge in [0, 0.05) is 16.0 Å². The van der Waals surface area contributed by atoms with E-state index < -0.39 is 5.97 Å². The number of carbonyl (C=O) groups is 2. The van der Waals surface area contributed by atoms with Gasteiger partial charge in [0.25, 0.3) is 0 Å². The molecule has 0 unspecified atom stereocenters. The number of thioether (sulfide) groups is 1. The predicted molar refractivity (Wildman–Crippen MR) is 114 cm³/mol. The van der Waals surface area contributed by atoms with Crippen molar-refractivity contribution in [3.8, 4) is 11.3 Å². The van der Waals surface area contributed by atoms with E-state index in [4.69, 9.17) is 16.3 Å². The molecule has 0 saturated carbocycles. The lowest BCUT2D eigenvalue weighted by molar-refractivity contribution is -0.113. The first kappa shape index (κ1) is 20.4. The van der Waals surface area contributed by atoms with E-state index in [-0.39, 0.29) is 18.3 Å². The highest BCUT2D eigenvalue weighted by Crippen LogP contribution is 2.29. The number of amides is 1. The van der Waals surface area contributed by atoms with Gasteiger partial charge in [-0.2, -0.15) is 0 Å². The van der Waals surface area contributed by atoms with E-state index >= 15 is 0 Å². The maximum Gasteiger partial charge on any atom is 0.340 e. The van der Waals surface area contributed by atoms with Crippen molar-refractivity contribution in [1.82, 2.24) is 4.98 Å². The summed E-state index contributed by atoms with van der Waals surface area (Å²) >= 11 is 8.73. The maximum absolute atomic E-state index is 12.3. The molecule has 0 aliphatic heterocycles. The zero-order valence-electron chi connectivity index (χ0n) is 15.0. The zero-order chi connectivity index (χ0) is 19.9. The number of halogens is 1. The molecule has 0 aliphatic carbocycles. The summed E-state index contributed by atoms with van der Waals surface area (Å²) in [6.07, 6.45) is 0. The first-order valence-corrected chi connectivity index (χ1v) is 10.7.